The summed E-state index contributed by atoms with van der Waals surface area (Å²) in [6.07, 6.45) is 4.22. The van der Waals surface area contributed by atoms with Crippen molar-refractivity contribution in [3.8, 4) is 5.69 Å². The maximum atomic E-state index is 12.5. The van der Waals surface area contributed by atoms with Crippen LogP contribution in [0, 0.1) is 6.92 Å². The van der Waals surface area contributed by atoms with Crippen LogP contribution in [-0.4, -0.2) is 39.2 Å². The summed E-state index contributed by atoms with van der Waals surface area (Å²) in [5, 5.41) is 10.2. The van der Waals surface area contributed by atoms with Crippen LogP contribution in [0.25, 0.3) is 5.69 Å². The van der Waals surface area contributed by atoms with E-state index in [9.17, 15) is 14.4 Å². The monoisotopic (exact) mass is 485 g/mol. The number of hydrogen-bond acceptors (Lipinski definition) is 8. The third-order valence-corrected chi connectivity index (χ3v) is 5.69. The van der Waals surface area contributed by atoms with Crippen LogP contribution < -0.4 is 10.6 Å². The lowest BCUT2D eigenvalue weighted by Crippen LogP contribution is -2.21. The van der Waals surface area contributed by atoms with Gasteiger partial charge in [0.1, 0.15) is 17.5 Å². The van der Waals surface area contributed by atoms with Crippen molar-refractivity contribution < 1.29 is 23.5 Å². The van der Waals surface area contributed by atoms with Crippen LogP contribution in [0.4, 0.5) is 10.7 Å². The first-order chi connectivity index (χ1) is 15.9. The molecule has 0 aliphatic rings. The van der Waals surface area contributed by atoms with Crippen molar-refractivity contribution >= 4 is 51.4 Å². The summed E-state index contributed by atoms with van der Waals surface area (Å²) in [4.78, 5) is 41.2. The third-order valence-electron chi connectivity index (χ3n) is 4.32. The van der Waals surface area contributed by atoms with Crippen molar-refractivity contribution in [1.29, 1.82) is 0 Å². The highest BCUT2D eigenvalue weighted by Crippen LogP contribution is 2.28. The minimum Gasteiger partial charge on any atom is -0.459 e. The van der Waals surface area contributed by atoms with Gasteiger partial charge in [0.15, 0.2) is 12.4 Å². The van der Waals surface area contributed by atoms with Crippen molar-refractivity contribution in [2.75, 3.05) is 17.2 Å². The number of amides is 2. The number of anilines is 2. The van der Waals surface area contributed by atoms with Gasteiger partial charge in [-0.3, -0.25) is 9.59 Å². The molecule has 168 valence electrons. The predicted molar refractivity (Wildman–Crippen MR) is 121 cm³/mol. The Bertz CT molecular complexity index is 1300. The topological polar surface area (TPSA) is 128 Å². The molecule has 0 saturated carbocycles. The van der Waals surface area contributed by atoms with Crippen molar-refractivity contribution in [3.63, 3.8) is 0 Å². The molecule has 0 radical (unpaired) electrons. The Labute approximate surface area is 196 Å². The molecule has 3 aromatic heterocycles. The van der Waals surface area contributed by atoms with E-state index in [0.29, 0.717) is 27.0 Å². The van der Waals surface area contributed by atoms with E-state index in [-0.39, 0.29) is 10.6 Å². The van der Waals surface area contributed by atoms with E-state index < -0.39 is 24.4 Å². The number of carbonyl (C=O) groups excluding carboxylic acids is 3. The highest BCUT2D eigenvalue weighted by Gasteiger charge is 2.19. The highest BCUT2D eigenvalue weighted by molar-refractivity contribution is 7.18. The zero-order valence-corrected chi connectivity index (χ0v) is 18.6. The maximum absolute atomic E-state index is 12.5. The third kappa shape index (κ3) is 5.27. The molecule has 3 heterocycles. The summed E-state index contributed by atoms with van der Waals surface area (Å²) in [7, 11) is 0. The molecule has 1 aromatic carbocycles. The first-order valence-electron chi connectivity index (χ1n) is 9.47. The number of rotatable bonds is 7. The van der Waals surface area contributed by atoms with Gasteiger partial charge in [-0.15, -0.1) is 11.3 Å². The van der Waals surface area contributed by atoms with E-state index >= 15 is 0 Å². The van der Waals surface area contributed by atoms with Crippen LogP contribution in [0.1, 0.15) is 25.8 Å². The number of halogens is 1. The molecule has 4 aromatic rings. The lowest BCUT2D eigenvalue weighted by atomic mass is 10.2. The molecule has 0 saturated heterocycles. The number of furan rings is 1. The number of hydrogen-bond donors (Lipinski definition) is 2. The van der Waals surface area contributed by atoms with Gasteiger partial charge in [-0.2, -0.15) is 5.10 Å². The lowest BCUT2D eigenvalue weighted by Gasteiger charge is -2.11. The molecule has 0 atom stereocenters. The summed E-state index contributed by atoms with van der Waals surface area (Å²) in [6.45, 7) is 1.18. The molecule has 0 spiro atoms. The van der Waals surface area contributed by atoms with Gasteiger partial charge in [0.25, 0.3) is 11.8 Å². The molecule has 4 rings (SSSR count). The molecule has 0 fully saturated rings. The average Bonchev–Trinajstić information content (AvgIpc) is 3.54. The maximum Gasteiger partial charge on any atom is 0.349 e. The number of aromatic nitrogens is 3. The van der Waals surface area contributed by atoms with E-state index in [1.165, 1.54) is 29.7 Å². The number of thiophene rings is 1. The molecule has 12 heteroatoms. The van der Waals surface area contributed by atoms with Crippen molar-refractivity contribution in [2.45, 2.75) is 6.92 Å². The quantitative estimate of drug-likeness (QED) is 0.379. The molecule has 0 unspecified atom stereocenters. The van der Waals surface area contributed by atoms with Gasteiger partial charge in [0.2, 0.25) is 0 Å². The van der Waals surface area contributed by atoms with E-state index in [1.54, 1.807) is 37.3 Å². The Morgan fingerprint density at radius 3 is 2.79 bits per heavy atom. The Morgan fingerprint density at radius 2 is 2.06 bits per heavy atom. The normalized spacial score (nSPS) is 10.6. The zero-order valence-electron chi connectivity index (χ0n) is 17.1. The van der Waals surface area contributed by atoms with Crippen LogP contribution in [0.3, 0.4) is 0 Å². The minimum absolute atomic E-state index is 0.146. The van der Waals surface area contributed by atoms with Crippen LogP contribution in [-0.2, 0) is 9.53 Å². The van der Waals surface area contributed by atoms with Gasteiger partial charge < -0.3 is 19.8 Å². The SMILES string of the molecule is Cc1cc(NC(=O)c2ccco2)sc1C(=O)OCC(=O)Nc1cc(Cl)ccc1-n1cncn1. The summed E-state index contributed by atoms with van der Waals surface area (Å²) < 4.78 is 11.7. The van der Waals surface area contributed by atoms with Gasteiger partial charge in [0.05, 0.1) is 22.6 Å². The summed E-state index contributed by atoms with van der Waals surface area (Å²) in [5.41, 5.74) is 1.52. The molecule has 2 amide bonds. The van der Waals surface area contributed by atoms with Crippen LogP contribution in [0.2, 0.25) is 5.02 Å². The lowest BCUT2D eigenvalue weighted by molar-refractivity contribution is -0.119. The van der Waals surface area contributed by atoms with E-state index in [1.807, 2.05) is 0 Å². The second-order valence-corrected chi connectivity index (χ2v) is 8.17. The molecule has 2 N–H and O–H groups in total. The Kier molecular flexibility index (Phi) is 6.52. The molecular weight excluding hydrogens is 470 g/mol. The summed E-state index contributed by atoms with van der Waals surface area (Å²) in [5.74, 6) is -1.54. The van der Waals surface area contributed by atoms with Gasteiger partial charge in [-0.05, 0) is 48.9 Å². The fourth-order valence-corrected chi connectivity index (χ4v) is 3.98. The highest BCUT2D eigenvalue weighted by atomic mass is 35.5. The largest absolute Gasteiger partial charge is 0.459 e. The van der Waals surface area contributed by atoms with E-state index in [4.69, 9.17) is 20.8 Å². The number of benzene rings is 1. The predicted octanol–water partition coefficient (Wildman–Crippen LogP) is 3.93. The van der Waals surface area contributed by atoms with Crippen LogP contribution in [0.5, 0.6) is 0 Å². The van der Waals surface area contributed by atoms with Crippen LogP contribution in [0.15, 0.2) is 59.7 Å². The van der Waals surface area contributed by atoms with Crippen molar-refractivity contribution in [3.05, 3.63) is 76.5 Å². The summed E-state index contributed by atoms with van der Waals surface area (Å²) in [6, 6.07) is 9.63. The smallest absolute Gasteiger partial charge is 0.349 e. The number of aryl methyl sites for hydroxylation is 1. The summed E-state index contributed by atoms with van der Waals surface area (Å²) >= 11 is 7.08. The van der Waals surface area contributed by atoms with Gasteiger partial charge in [-0.25, -0.2) is 14.5 Å². The molecule has 0 bridgehead atoms. The second-order valence-electron chi connectivity index (χ2n) is 6.68. The number of nitrogens with zero attached hydrogens (tertiary/aromatic N) is 3. The fraction of sp³-hybridized carbons (Fsp3) is 0.0952. The van der Waals surface area contributed by atoms with Crippen LogP contribution >= 0.6 is 22.9 Å². The fourth-order valence-electron chi connectivity index (χ4n) is 2.85. The van der Waals surface area contributed by atoms with Gasteiger partial charge in [0, 0.05) is 5.02 Å². The zero-order chi connectivity index (χ0) is 23.4. The number of nitrogens with one attached hydrogen (secondary N) is 2. The number of esters is 1. The van der Waals surface area contributed by atoms with Gasteiger partial charge in [-0.1, -0.05) is 11.6 Å². The average molecular weight is 486 g/mol. The van der Waals surface area contributed by atoms with Crippen molar-refractivity contribution in [2.24, 2.45) is 0 Å². The number of carbonyl (C=O) groups is 3. The number of ether oxygens (including phenoxy) is 1. The Hall–Kier alpha value is -3.96. The molecule has 33 heavy (non-hydrogen) atoms. The minimum atomic E-state index is -0.686. The molecular formula is C21H16ClN5O5S. The first-order valence-corrected chi connectivity index (χ1v) is 10.7. The molecule has 0 aliphatic heterocycles. The van der Waals surface area contributed by atoms with Gasteiger partial charge >= 0.3 is 5.97 Å². The first kappa shape index (κ1) is 22.2. The standard InChI is InChI=1S/C21H16ClN5O5S/c1-12-7-18(26-20(29)16-3-2-6-31-16)33-19(12)21(30)32-9-17(28)25-14-8-13(22)4-5-15(14)27-11-23-10-24-27/h2-8,10-11H,9H2,1H3,(H,25,28)(H,26,29). The Morgan fingerprint density at radius 1 is 1.21 bits per heavy atom. The molecule has 10 nitrogen and oxygen atoms in total. The Balaban J connectivity index is 1.38. The van der Waals surface area contributed by atoms with E-state index in [0.717, 1.165) is 11.3 Å². The molecule has 0 aliphatic carbocycles. The van der Waals surface area contributed by atoms with Crippen molar-refractivity contribution in [1.82, 2.24) is 14.8 Å². The second kappa shape index (κ2) is 9.67. The van der Waals surface area contributed by atoms with E-state index in [2.05, 4.69) is 20.7 Å².